The molecule has 7 nitrogen and oxygen atoms in total. The first-order chi connectivity index (χ1) is 13.5. The molecule has 4 aromatic rings. The van der Waals surface area contributed by atoms with Crippen molar-refractivity contribution in [3.05, 3.63) is 88.5 Å². The number of pyridine rings is 1. The molecule has 0 radical (unpaired) electrons. The van der Waals surface area contributed by atoms with Crippen LogP contribution in [0, 0.1) is 22.9 Å². The van der Waals surface area contributed by atoms with Crippen LogP contribution in [0.25, 0.3) is 16.5 Å². The number of nitro groups is 1. The van der Waals surface area contributed by atoms with Gasteiger partial charge in [-0.1, -0.05) is 6.07 Å². The number of anilines is 1. The van der Waals surface area contributed by atoms with Crippen LogP contribution in [0.15, 0.2) is 61.2 Å². The van der Waals surface area contributed by atoms with E-state index in [0.29, 0.717) is 28.8 Å². The van der Waals surface area contributed by atoms with Crippen molar-refractivity contribution in [2.24, 2.45) is 0 Å². The van der Waals surface area contributed by atoms with Crippen LogP contribution >= 0.6 is 0 Å². The molecule has 0 atom stereocenters. The predicted octanol–water partition coefficient (Wildman–Crippen LogP) is 4.39. The summed E-state index contributed by atoms with van der Waals surface area (Å²) < 4.78 is 16.2. The number of nitrogens with one attached hydrogen (secondary N) is 1. The summed E-state index contributed by atoms with van der Waals surface area (Å²) in [6.07, 6.45) is 6.39. The van der Waals surface area contributed by atoms with Crippen molar-refractivity contribution in [3.63, 3.8) is 0 Å². The van der Waals surface area contributed by atoms with E-state index >= 15 is 0 Å². The lowest BCUT2D eigenvalue weighted by molar-refractivity contribution is -0.383. The molecule has 0 aliphatic carbocycles. The Morgan fingerprint density at radius 1 is 1.18 bits per heavy atom. The molecule has 0 saturated heterocycles. The Kier molecular flexibility index (Phi) is 4.44. The van der Waals surface area contributed by atoms with Gasteiger partial charge in [0.2, 0.25) is 0 Å². The van der Waals surface area contributed by atoms with Crippen LogP contribution in [0.4, 0.5) is 15.8 Å². The summed E-state index contributed by atoms with van der Waals surface area (Å²) in [5, 5.41) is 15.6. The van der Waals surface area contributed by atoms with E-state index in [0.717, 1.165) is 11.3 Å². The van der Waals surface area contributed by atoms with Gasteiger partial charge in [0.25, 0.3) is 5.69 Å². The van der Waals surface area contributed by atoms with Crippen molar-refractivity contribution in [1.29, 1.82) is 0 Å². The SMILES string of the molecule is Cc1nccn1-c1ccc(CNc2ccc([N+](=O)[O-])c3cnccc23)cc1F. The van der Waals surface area contributed by atoms with E-state index in [1.165, 1.54) is 18.3 Å². The van der Waals surface area contributed by atoms with Crippen LogP contribution in [0.2, 0.25) is 0 Å². The highest BCUT2D eigenvalue weighted by Gasteiger charge is 2.14. The Labute approximate surface area is 159 Å². The number of rotatable bonds is 5. The van der Waals surface area contributed by atoms with Gasteiger partial charge in [-0.05, 0) is 36.8 Å². The van der Waals surface area contributed by atoms with Gasteiger partial charge in [-0.3, -0.25) is 15.1 Å². The topological polar surface area (TPSA) is 85.9 Å². The number of halogens is 1. The van der Waals surface area contributed by atoms with Crippen molar-refractivity contribution in [3.8, 4) is 5.69 Å². The van der Waals surface area contributed by atoms with E-state index in [2.05, 4.69) is 15.3 Å². The highest BCUT2D eigenvalue weighted by Crippen LogP contribution is 2.31. The molecule has 0 spiro atoms. The van der Waals surface area contributed by atoms with Crippen molar-refractivity contribution < 1.29 is 9.31 Å². The minimum absolute atomic E-state index is 0.000232. The second-order valence-electron chi connectivity index (χ2n) is 6.29. The average molecular weight is 377 g/mol. The lowest BCUT2D eigenvalue weighted by Crippen LogP contribution is -2.04. The summed E-state index contributed by atoms with van der Waals surface area (Å²) >= 11 is 0. The van der Waals surface area contributed by atoms with Gasteiger partial charge in [-0.15, -0.1) is 0 Å². The monoisotopic (exact) mass is 377 g/mol. The average Bonchev–Trinajstić information content (AvgIpc) is 3.11. The van der Waals surface area contributed by atoms with Crippen LogP contribution in [0.1, 0.15) is 11.4 Å². The number of hydrogen-bond acceptors (Lipinski definition) is 5. The fourth-order valence-electron chi connectivity index (χ4n) is 3.17. The fraction of sp³-hybridized carbons (Fsp3) is 0.100. The largest absolute Gasteiger partial charge is 0.380 e. The van der Waals surface area contributed by atoms with E-state index in [4.69, 9.17) is 0 Å². The second-order valence-corrected chi connectivity index (χ2v) is 6.29. The fourth-order valence-corrected chi connectivity index (χ4v) is 3.17. The number of nitrogens with zero attached hydrogens (tertiary/aromatic N) is 4. The quantitative estimate of drug-likeness (QED) is 0.412. The number of fused-ring (bicyclic) bond motifs is 1. The van der Waals surface area contributed by atoms with Crippen LogP contribution < -0.4 is 5.32 Å². The summed E-state index contributed by atoms with van der Waals surface area (Å²) in [6.45, 7) is 2.18. The lowest BCUT2D eigenvalue weighted by atomic mass is 10.1. The van der Waals surface area contributed by atoms with Gasteiger partial charge in [0.15, 0.2) is 0 Å². The molecule has 140 valence electrons. The van der Waals surface area contributed by atoms with E-state index < -0.39 is 4.92 Å². The van der Waals surface area contributed by atoms with Crippen molar-refractivity contribution >= 4 is 22.1 Å². The molecular weight excluding hydrogens is 361 g/mol. The van der Waals surface area contributed by atoms with E-state index in [9.17, 15) is 14.5 Å². The van der Waals surface area contributed by atoms with Gasteiger partial charge in [0.05, 0.1) is 16.0 Å². The zero-order chi connectivity index (χ0) is 19.7. The predicted molar refractivity (Wildman–Crippen MR) is 104 cm³/mol. The molecule has 0 amide bonds. The smallest absolute Gasteiger partial charge is 0.278 e. The van der Waals surface area contributed by atoms with Crippen LogP contribution in [-0.4, -0.2) is 19.5 Å². The third-order valence-electron chi connectivity index (χ3n) is 4.57. The van der Waals surface area contributed by atoms with Gasteiger partial charge in [0.1, 0.15) is 11.6 Å². The first kappa shape index (κ1) is 17.6. The van der Waals surface area contributed by atoms with Gasteiger partial charge < -0.3 is 9.88 Å². The molecule has 0 aliphatic rings. The summed E-state index contributed by atoms with van der Waals surface area (Å²) in [4.78, 5) is 18.9. The number of benzene rings is 2. The molecule has 0 fully saturated rings. The van der Waals surface area contributed by atoms with Crippen LogP contribution in [-0.2, 0) is 6.54 Å². The van der Waals surface area contributed by atoms with Gasteiger partial charge >= 0.3 is 0 Å². The summed E-state index contributed by atoms with van der Waals surface area (Å²) in [6, 6.07) is 9.82. The summed E-state index contributed by atoms with van der Waals surface area (Å²) in [7, 11) is 0. The first-order valence-corrected chi connectivity index (χ1v) is 8.58. The Morgan fingerprint density at radius 2 is 2.04 bits per heavy atom. The Balaban J connectivity index is 1.60. The molecule has 2 heterocycles. The summed E-state index contributed by atoms with van der Waals surface area (Å²) in [5.41, 5.74) is 1.91. The van der Waals surface area contributed by atoms with Gasteiger partial charge in [-0.25, -0.2) is 9.37 Å². The van der Waals surface area contributed by atoms with Crippen LogP contribution in [0.5, 0.6) is 0 Å². The molecule has 2 aromatic carbocycles. The molecular formula is C20H16FN5O2. The maximum absolute atomic E-state index is 14.6. The molecule has 0 aliphatic heterocycles. The van der Waals surface area contributed by atoms with Gasteiger partial charge in [-0.2, -0.15) is 0 Å². The highest BCUT2D eigenvalue weighted by molar-refractivity contribution is 5.99. The third kappa shape index (κ3) is 3.16. The number of aryl methyl sites for hydroxylation is 1. The molecule has 4 rings (SSSR count). The van der Waals surface area contributed by atoms with E-state index in [1.807, 2.05) is 13.0 Å². The molecule has 28 heavy (non-hydrogen) atoms. The number of nitro benzene ring substituents is 1. The van der Waals surface area contributed by atoms with Crippen molar-refractivity contribution in [2.45, 2.75) is 13.5 Å². The molecule has 2 aromatic heterocycles. The minimum atomic E-state index is -0.431. The maximum atomic E-state index is 14.6. The molecule has 0 unspecified atom stereocenters. The molecule has 0 bridgehead atoms. The Bertz CT molecular complexity index is 1190. The van der Waals surface area contributed by atoms with Crippen molar-refractivity contribution in [2.75, 3.05) is 5.32 Å². The third-order valence-corrected chi connectivity index (χ3v) is 4.57. The van der Waals surface area contributed by atoms with Crippen LogP contribution in [0.3, 0.4) is 0 Å². The Hall–Kier alpha value is -3.81. The molecule has 8 heteroatoms. The normalized spacial score (nSPS) is 10.9. The molecule has 1 N–H and O–H groups in total. The highest BCUT2D eigenvalue weighted by atomic mass is 19.1. The maximum Gasteiger partial charge on any atom is 0.278 e. The second kappa shape index (κ2) is 7.07. The van der Waals surface area contributed by atoms with Crippen molar-refractivity contribution in [1.82, 2.24) is 14.5 Å². The summed E-state index contributed by atoms with van der Waals surface area (Å²) in [5.74, 6) is 0.355. The number of hydrogen-bond donors (Lipinski definition) is 1. The number of aromatic nitrogens is 3. The zero-order valence-electron chi connectivity index (χ0n) is 15.0. The lowest BCUT2D eigenvalue weighted by Gasteiger charge is -2.12. The standard InChI is InChI=1S/C20H16FN5O2/c1-13-23-8-9-25(13)20-4-2-14(10-17(20)21)11-24-18-3-5-19(26(27)28)16-12-22-7-6-15(16)18/h2-10,12,24H,11H2,1H3. The zero-order valence-corrected chi connectivity index (χ0v) is 15.0. The van der Waals surface area contributed by atoms with E-state index in [-0.39, 0.29) is 11.5 Å². The first-order valence-electron chi connectivity index (χ1n) is 8.58. The van der Waals surface area contributed by atoms with E-state index in [1.54, 1.807) is 41.4 Å². The molecule has 0 saturated carbocycles. The number of non-ortho nitro benzene ring substituents is 1. The Morgan fingerprint density at radius 3 is 2.75 bits per heavy atom. The van der Waals surface area contributed by atoms with Gasteiger partial charge in [0, 0.05) is 48.5 Å². The minimum Gasteiger partial charge on any atom is -0.380 e. The number of imidazole rings is 1.